The molecule has 1 heterocycles. The van der Waals surface area contributed by atoms with Gasteiger partial charge in [-0.1, -0.05) is 123 Å². The van der Waals surface area contributed by atoms with Gasteiger partial charge in [-0.05, 0) is 64.3 Å². The fraction of sp³-hybridized carbons (Fsp3) is 0.310. The summed E-state index contributed by atoms with van der Waals surface area (Å²) in [4.78, 5) is 41.1. The number of rotatable bonds is 13. The fourth-order valence-electron chi connectivity index (χ4n) is 7.05. The molecule has 0 bridgehead atoms. The number of carboxylic acids is 1. The van der Waals surface area contributed by atoms with E-state index in [1.807, 2.05) is 98.8 Å². The average Bonchev–Trinajstić information content (AvgIpc) is 3.38. The molecule has 0 saturated heterocycles. The molecule has 0 saturated carbocycles. The molecule has 4 aromatic rings. The van der Waals surface area contributed by atoms with Gasteiger partial charge in [-0.2, -0.15) is 0 Å². The standard InChI is InChI=1S/C42H44N2O6/c1-3-28(2)39(41(46)47)44-22-21-31(24-32(40(44)45)23-29-17-19-33(20-18-29)49-26-30-11-5-4-6-12-30)25-43-42(48)50-27-38-36-15-9-7-13-34(36)35-14-8-10-16-37(35)38/h4-20,24,28,32,38-39H,3,21-23,25-27H2,1-2H3,(H,43,48)(H,46,47)/t28-,32+,39-/m0/s1. The van der Waals surface area contributed by atoms with E-state index in [-0.39, 0.29) is 37.4 Å². The summed E-state index contributed by atoms with van der Waals surface area (Å²) in [6, 6.07) is 33.0. The van der Waals surface area contributed by atoms with Crippen molar-refractivity contribution in [3.63, 3.8) is 0 Å². The Morgan fingerprint density at radius 3 is 2.16 bits per heavy atom. The number of nitrogens with zero attached hydrogens (tertiary/aromatic N) is 1. The number of hydrogen-bond donors (Lipinski definition) is 2. The molecular formula is C42H44N2O6. The van der Waals surface area contributed by atoms with Gasteiger partial charge in [0, 0.05) is 19.0 Å². The molecule has 2 N–H and O–H groups in total. The molecule has 50 heavy (non-hydrogen) atoms. The lowest BCUT2D eigenvalue weighted by molar-refractivity contribution is -0.153. The molecule has 3 atom stereocenters. The van der Waals surface area contributed by atoms with Crippen molar-refractivity contribution in [2.24, 2.45) is 11.8 Å². The van der Waals surface area contributed by atoms with Gasteiger partial charge in [0.1, 0.15) is 25.0 Å². The van der Waals surface area contributed by atoms with Crippen LogP contribution in [0, 0.1) is 11.8 Å². The first kappa shape index (κ1) is 34.5. The summed E-state index contributed by atoms with van der Waals surface area (Å²) >= 11 is 0. The SMILES string of the molecule is CC[C@H](C)[C@@H](C(=O)O)N1CCC(CNC(=O)OCC2c3ccccc3-c3ccccc32)=C[C@@H](Cc2ccc(OCc3ccccc3)cc2)C1=O. The second-order valence-corrected chi connectivity index (χ2v) is 13.2. The zero-order valence-corrected chi connectivity index (χ0v) is 28.6. The number of ether oxygens (including phenoxy) is 2. The zero-order valence-electron chi connectivity index (χ0n) is 28.6. The summed E-state index contributed by atoms with van der Waals surface area (Å²) in [7, 11) is 0. The first-order valence-corrected chi connectivity index (χ1v) is 17.4. The molecular weight excluding hydrogens is 628 g/mol. The predicted octanol–water partition coefficient (Wildman–Crippen LogP) is 7.62. The second-order valence-electron chi connectivity index (χ2n) is 13.2. The molecule has 0 fully saturated rings. The summed E-state index contributed by atoms with van der Waals surface area (Å²) in [5.74, 6) is -1.38. The van der Waals surface area contributed by atoms with Crippen LogP contribution >= 0.6 is 0 Å². The van der Waals surface area contributed by atoms with Gasteiger partial charge in [0.05, 0.1) is 5.92 Å². The molecule has 0 unspecified atom stereocenters. The summed E-state index contributed by atoms with van der Waals surface area (Å²) in [5.41, 5.74) is 7.45. The van der Waals surface area contributed by atoms with Gasteiger partial charge in [-0.3, -0.25) is 4.79 Å². The minimum atomic E-state index is -1.01. The maximum atomic E-state index is 14.1. The van der Waals surface area contributed by atoms with Gasteiger partial charge in [-0.15, -0.1) is 0 Å². The Labute approximate surface area is 293 Å². The number of carbonyl (C=O) groups excluding carboxylic acids is 2. The van der Waals surface area contributed by atoms with E-state index >= 15 is 0 Å². The van der Waals surface area contributed by atoms with Crippen molar-refractivity contribution in [1.82, 2.24) is 10.2 Å². The highest BCUT2D eigenvalue weighted by Crippen LogP contribution is 2.44. The number of carbonyl (C=O) groups is 3. The summed E-state index contributed by atoms with van der Waals surface area (Å²) in [6.07, 6.45) is 2.82. The Balaban J connectivity index is 1.13. The van der Waals surface area contributed by atoms with Crippen molar-refractivity contribution < 1.29 is 29.0 Å². The average molecular weight is 673 g/mol. The van der Waals surface area contributed by atoms with Crippen LogP contribution in [-0.4, -0.2) is 53.7 Å². The number of carboxylic acid groups (broad SMARTS) is 1. The zero-order chi connectivity index (χ0) is 35.0. The van der Waals surface area contributed by atoms with Gasteiger partial charge in [0.25, 0.3) is 0 Å². The van der Waals surface area contributed by atoms with Crippen LogP contribution in [0.5, 0.6) is 5.75 Å². The third-order valence-electron chi connectivity index (χ3n) is 9.91. The van der Waals surface area contributed by atoms with E-state index < -0.39 is 24.0 Å². The minimum absolute atomic E-state index is 0.0514. The van der Waals surface area contributed by atoms with Gasteiger partial charge in [0.15, 0.2) is 0 Å². The van der Waals surface area contributed by atoms with E-state index in [4.69, 9.17) is 9.47 Å². The first-order valence-electron chi connectivity index (χ1n) is 17.4. The number of nitrogens with one attached hydrogen (secondary N) is 1. The van der Waals surface area contributed by atoms with E-state index in [0.29, 0.717) is 25.9 Å². The van der Waals surface area contributed by atoms with Crippen LogP contribution in [0.25, 0.3) is 11.1 Å². The molecule has 1 aliphatic heterocycles. The molecule has 2 amide bonds. The molecule has 4 aromatic carbocycles. The summed E-state index contributed by atoms with van der Waals surface area (Å²) in [5, 5.41) is 13.1. The van der Waals surface area contributed by atoms with E-state index in [1.54, 1.807) is 0 Å². The number of alkyl carbamates (subject to hydrolysis) is 1. The molecule has 8 nitrogen and oxygen atoms in total. The lowest BCUT2D eigenvalue weighted by Crippen LogP contribution is -2.50. The van der Waals surface area contributed by atoms with Gasteiger partial charge < -0.3 is 24.8 Å². The van der Waals surface area contributed by atoms with Crippen LogP contribution in [0.3, 0.4) is 0 Å². The Morgan fingerprint density at radius 2 is 1.52 bits per heavy atom. The minimum Gasteiger partial charge on any atom is -0.489 e. The third kappa shape index (κ3) is 7.91. The smallest absolute Gasteiger partial charge is 0.407 e. The quantitative estimate of drug-likeness (QED) is 0.142. The highest BCUT2D eigenvalue weighted by atomic mass is 16.5. The van der Waals surface area contributed by atoms with Crippen molar-refractivity contribution >= 4 is 18.0 Å². The molecule has 258 valence electrons. The van der Waals surface area contributed by atoms with E-state index in [2.05, 4.69) is 29.6 Å². The number of fused-ring (bicyclic) bond motifs is 3. The Kier molecular flexibility index (Phi) is 11.0. The largest absolute Gasteiger partial charge is 0.489 e. The Hall–Kier alpha value is -5.37. The van der Waals surface area contributed by atoms with Crippen LogP contribution in [0.4, 0.5) is 4.79 Å². The number of amides is 2. The highest BCUT2D eigenvalue weighted by Gasteiger charge is 2.37. The lowest BCUT2D eigenvalue weighted by Gasteiger charge is -2.33. The molecule has 2 aliphatic rings. The van der Waals surface area contributed by atoms with Crippen molar-refractivity contribution in [1.29, 1.82) is 0 Å². The van der Waals surface area contributed by atoms with Crippen molar-refractivity contribution in [2.75, 3.05) is 19.7 Å². The number of benzene rings is 4. The van der Waals surface area contributed by atoms with Crippen LogP contribution in [0.2, 0.25) is 0 Å². The maximum Gasteiger partial charge on any atom is 0.407 e. The third-order valence-corrected chi connectivity index (χ3v) is 9.91. The molecule has 8 heteroatoms. The molecule has 0 aromatic heterocycles. The van der Waals surface area contributed by atoms with Crippen LogP contribution < -0.4 is 10.1 Å². The second kappa shape index (κ2) is 15.9. The number of hydrogen-bond acceptors (Lipinski definition) is 5. The Morgan fingerprint density at radius 1 is 0.880 bits per heavy atom. The highest BCUT2D eigenvalue weighted by molar-refractivity contribution is 5.87. The summed E-state index contributed by atoms with van der Waals surface area (Å²) < 4.78 is 11.7. The molecule has 6 rings (SSSR count). The van der Waals surface area contributed by atoms with Crippen LogP contribution in [-0.2, 0) is 27.4 Å². The lowest BCUT2D eigenvalue weighted by atomic mass is 9.93. The maximum absolute atomic E-state index is 14.1. The molecule has 0 radical (unpaired) electrons. The van der Waals surface area contributed by atoms with Crippen molar-refractivity contribution in [3.05, 3.63) is 137 Å². The monoisotopic (exact) mass is 672 g/mol. The van der Waals surface area contributed by atoms with Crippen molar-refractivity contribution in [2.45, 2.75) is 51.7 Å². The molecule has 1 aliphatic carbocycles. The topological polar surface area (TPSA) is 105 Å². The predicted molar refractivity (Wildman–Crippen MR) is 193 cm³/mol. The van der Waals surface area contributed by atoms with Gasteiger partial charge >= 0.3 is 12.1 Å². The Bertz CT molecular complexity index is 1790. The van der Waals surface area contributed by atoms with Gasteiger partial charge in [0.2, 0.25) is 5.91 Å². The summed E-state index contributed by atoms with van der Waals surface area (Å²) in [6.45, 7) is 4.90. The first-order chi connectivity index (χ1) is 24.3. The van der Waals surface area contributed by atoms with E-state index in [0.717, 1.165) is 44.7 Å². The van der Waals surface area contributed by atoms with Gasteiger partial charge in [-0.25, -0.2) is 9.59 Å². The number of aliphatic carboxylic acids is 1. The van der Waals surface area contributed by atoms with Crippen LogP contribution in [0.15, 0.2) is 115 Å². The molecule has 0 spiro atoms. The van der Waals surface area contributed by atoms with Crippen LogP contribution in [0.1, 0.15) is 54.9 Å². The van der Waals surface area contributed by atoms with E-state index in [9.17, 15) is 19.5 Å². The normalized spacial score (nSPS) is 16.8. The van der Waals surface area contributed by atoms with Crippen molar-refractivity contribution in [3.8, 4) is 16.9 Å². The fourth-order valence-corrected chi connectivity index (χ4v) is 7.05. The van der Waals surface area contributed by atoms with E-state index in [1.165, 1.54) is 4.90 Å².